The van der Waals surface area contributed by atoms with E-state index in [-0.39, 0.29) is 5.56 Å². The Morgan fingerprint density at radius 2 is 1.77 bits per heavy atom. The van der Waals surface area contributed by atoms with Gasteiger partial charge in [-0.1, -0.05) is 24.3 Å². The van der Waals surface area contributed by atoms with Crippen LogP contribution in [-0.2, 0) is 12.1 Å². The molecule has 0 saturated carbocycles. The van der Waals surface area contributed by atoms with E-state index < -0.39 is 11.8 Å². The number of rotatable bonds is 4. The third kappa shape index (κ3) is 3.89. The number of nitrogen functional groups attached to an aromatic ring is 1. The van der Waals surface area contributed by atoms with Crippen molar-refractivity contribution in [1.29, 1.82) is 0 Å². The summed E-state index contributed by atoms with van der Waals surface area (Å²) in [5, 5.41) is 15.4. The second kappa shape index (κ2) is 7.59. The molecule has 30 heavy (non-hydrogen) atoms. The topological polar surface area (TPSA) is 67.3 Å². The Bertz CT molecular complexity index is 1020. The summed E-state index contributed by atoms with van der Waals surface area (Å²) >= 11 is 0. The Hall–Kier alpha value is -2.58. The molecule has 2 heterocycles. The van der Waals surface area contributed by atoms with E-state index in [1.54, 1.807) is 12.1 Å². The predicted octanol–water partition coefficient (Wildman–Crippen LogP) is 4.23. The Kier molecular flexibility index (Phi) is 5.23. The van der Waals surface area contributed by atoms with Gasteiger partial charge in [-0.15, -0.1) is 0 Å². The molecule has 1 aliphatic heterocycles. The highest BCUT2D eigenvalue weighted by Gasteiger charge is 2.51. The van der Waals surface area contributed by atoms with Gasteiger partial charge in [0, 0.05) is 30.7 Å². The van der Waals surface area contributed by atoms with E-state index in [1.165, 1.54) is 12.1 Å². The van der Waals surface area contributed by atoms with Crippen LogP contribution in [0.5, 0.6) is 0 Å². The Morgan fingerprint density at radius 1 is 1.10 bits per heavy atom. The molecule has 0 radical (unpaired) electrons. The molecule has 5 nitrogen and oxygen atoms in total. The molecule has 0 bridgehead atoms. The fraction of sp³-hybridized carbons (Fsp3) is 0.409. The lowest BCUT2D eigenvalue weighted by Gasteiger charge is -2.32. The first kappa shape index (κ1) is 20.7. The van der Waals surface area contributed by atoms with Gasteiger partial charge in [0.25, 0.3) is 0 Å². The van der Waals surface area contributed by atoms with Crippen LogP contribution >= 0.6 is 0 Å². The summed E-state index contributed by atoms with van der Waals surface area (Å²) in [6.45, 7) is 3.20. The maximum absolute atomic E-state index is 13.0. The minimum Gasteiger partial charge on any atom is -0.399 e. The van der Waals surface area contributed by atoms with Gasteiger partial charge >= 0.3 is 6.18 Å². The molecule has 1 unspecified atom stereocenters. The van der Waals surface area contributed by atoms with Gasteiger partial charge in [0.15, 0.2) is 5.60 Å². The maximum atomic E-state index is 13.0. The quantitative estimate of drug-likeness (QED) is 0.623. The SMILES string of the molecule is CC(O)(c1ccc(CN2CCC(n3ncc4cc(N)ccc43)CC2)cc1)C(F)(F)F. The zero-order chi connectivity index (χ0) is 21.5. The summed E-state index contributed by atoms with van der Waals surface area (Å²) in [6.07, 6.45) is -0.974. The second-order valence-electron chi connectivity index (χ2n) is 8.18. The van der Waals surface area contributed by atoms with Gasteiger partial charge in [-0.05, 0) is 49.1 Å². The Morgan fingerprint density at radius 3 is 2.40 bits per heavy atom. The molecule has 0 spiro atoms. The first-order valence-electron chi connectivity index (χ1n) is 9.99. The summed E-state index contributed by atoms with van der Waals surface area (Å²) in [5.41, 5.74) is 5.58. The molecule has 1 aliphatic rings. The van der Waals surface area contributed by atoms with Crippen LogP contribution in [0.25, 0.3) is 10.9 Å². The van der Waals surface area contributed by atoms with Gasteiger partial charge < -0.3 is 10.8 Å². The second-order valence-corrected chi connectivity index (χ2v) is 8.18. The van der Waals surface area contributed by atoms with Crippen molar-refractivity contribution in [1.82, 2.24) is 14.7 Å². The summed E-state index contributed by atoms with van der Waals surface area (Å²) < 4.78 is 41.0. The molecular formula is C22H25F3N4O. The van der Waals surface area contributed by atoms with Gasteiger partial charge in [0.2, 0.25) is 0 Å². The molecule has 0 aliphatic carbocycles. The van der Waals surface area contributed by atoms with Gasteiger partial charge in [0.1, 0.15) is 0 Å². The highest BCUT2D eigenvalue weighted by molar-refractivity contribution is 5.82. The smallest absolute Gasteiger partial charge is 0.399 e. The van der Waals surface area contributed by atoms with E-state index in [2.05, 4.69) is 14.7 Å². The van der Waals surface area contributed by atoms with E-state index in [9.17, 15) is 18.3 Å². The van der Waals surface area contributed by atoms with Gasteiger partial charge in [-0.2, -0.15) is 18.3 Å². The summed E-state index contributed by atoms with van der Waals surface area (Å²) in [6, 6.07) is 12.2. The summed E-state index contributed by atoms with van der Waals surface area (Å²) in [4.78, 5) is 2.29. The third-order valence-electron chi connectivity index (χ3n) is 6.00. The molecule has 0 amide bonds. The number of fused-ring (bicyclic) bond motifs is 1. The van der Waals surface area contributed by atoms with Crippen LogP contribution in [0.3, 0.4) is 0 Å². The maximum Gasteiger partial charge on any atom is 0.421 e. The van der Waals surface area contributed by atoms with E-state index >= 15 is 0 Å². The molecular weight excluding hydrogens is 393 g/mol. The first-order valence-corrected chi connectivity index (χ1v) is 9.99. The molecule has 3 aromatic rings. The molecule has 4 rings (SSSR count). The fourth-order valence-corrected chi connectivity index (χ4v) is 4.04. The number of anilines is 1. The van der Waals surface area contributed by atoms with Crippen molar-refractivity contribution in [2.75, 3.05) is 18.8 Å². The van der Waals surface area contributed by atoms with Crippen LogP contribution in [0, 0.1) is 0 Å². The number of likely N-dealkylation sites (tertiary alicyclic amines) is 1. The van der Waals surface area contributed by atoms with Crippen LogP contribution in [0.1, 0.15) is 36.9 Å². The zero-order valence-electron chi connectivity index (χ0n) is 16.7. The lowest BCUT2D eigenvalue weighted by molar-refractivity contribution is -0.258. The lowest BCUT2D eigenvalue weighted by atomic mass is 9.94. The van der Waals surface area contributed by atoms with Gasteiger partial charge in [-0.25, -0.2) is 0 Å². The number of alkyl halides is 3. The van der Waals surface area contributed by atoms with Crippen molar-refractivity contribution in [3.63, 3.8) is 0 Å². The molecule has 1 fully saturated rings. The Labute approximate surface area is 172 Å². The molecule has 1 aromatic heterocycles. The zero-order valence-corrected chi connectivity index (χ0v) is 16.7. The average molecular weight is 418 g/mol. The van der Waals surface area contributed by atoms with Crippen molar-refractivity contribution < 1.29 is 18.3 Å². The number of nitrogens with zero attached hydrogens (tertiary/aromatic N) is 3. The van der Waals surface area contributed by atoms with E-state index in [4.69, 9.17) is 5.73 Å². The number of aromatic nitrogens is 2. The first-order chi connectivity index (χ1) is 14.1. The van der Waals surface area contributed by atoms with E-state index in [1.807, 2.05) is 24.4 Å². The van der Waals surface area contributed by atoms with Gasteiger partial charge in [-0.3, -0.25) is 9.58 Å². The molecule has 160 valence electrons. The highest BCUT2D eigenvalue weighted by atomic mass is 19.4. The van der Waals surface area contributed by atoms with Crippen molar-refractivity contribution >= 4 is 16.6 Å². The van der Waals surface area contributed by atoms with Crippen LogP contribution in [0.2, 0.25) is 0 Å². The predicted molar refractivity (Wildman–Crippen MR) is 110 cm³/mol. The molecule has 8 heteroatoms. The summed E-state index contributed by atoms with van der Waals surface area (Å²) in [5.74, 6) is 0. The molecule has 3 N–H and O–H groups in total. The number of hydrogen-bond acceptors (Lipinski definition) is 4. The number of nitrogens with two attached hydrogens (primary N) is 1. The van der Waals surface area contributed by atoms with Crippen molar-refractivity contribution in [2.45, 2.75) is 44.1 Å². The Balaban J connectivity index is 1.38. The fourth-order valence-electron chi connectivity index (χ4n) is 4.04. The molecule has 2 aromatic carbocycles. The monoisotopic (exact) mass is 418 g/mol. The highest BCUT2D eigenvalue weighted by Crippen LogP contribution is 2.38. The van der Waals surface area contributed by atoms with E-state index in [0.717, 1.165) is 55.0 Å². The average Bonchev–Trinajstić information content (AvgIpc) is 3.11. The van der Waals surface area contributed by atoms with Crippen LogP contribution in [0.4, 0.5) is 18.9 Å². The van der Waals surface area contributed by atoms with Crippen molar-refractivity contribution in [2.24, 2.45) is 0 Å². The standard InChI is InChI=1S/C22H25F3N4O/c1-21(30,22(23,24)25)17-4-2-15(3-5-17)14-28-10-8-19(9-11-28)29-20-7-6-18(26)12-16(20)13-27-29/h2-7,12-13,19,30H,8-11,14,26H2,1H3. The minimum absolute atomic E-state index is 0.149. The lowest BCUT2D eigenvalue weighted by Crippen LogP contribution is -2.39. The van der Waals surface area contributed by atoms with Gasteiger partial charge in [0.05, 0.1) is 17.8 Å². The van der Waals surface area contributed by atoms with Crippen molar-refractivity contribution in [3.8, 4) is 0 Å². The van der Waals surface area contributed by atoms with E-state index in [0.29, 0.717) is 12.6 Å². The molecule has 1 atom stereocenters. The third-order valence-corrected chi connectivity index (χ3v) is 6.00. The number of hydrogen-bond donors (Lipinski definition) is 2. The van der Waals surface area contributed by atoms with Crippen LogP contribution in [-0.4, -0.2) is 39.1 Å². The number of benzene rings is 2. The van der Waals surface area contributed by atoms with Crippen molar-refractivity contribution in [3.05, 3.63) is 59.8 Å². The van der Waals surface area contributed by atoms with Crippen LogP contribution < -0.4 is 5.73 Å². The number of halogens is 3. The minimum atomic E-state index is -4.71. The number of piperidine rings is 1. The normalized spacial score (nSPS) is 18.6. The number of aliphatic hydroxyl groups is 1. The van der Waals surface area contributed by atoms with Crippen LogP contribution in [0.15, 0.2) is 48.7 Å². The summed E-state index contributed by atoms with van der Waals surface area (Å²) in [7, 11) is 0. The largest absolute Gasteiger partial charge is 0.421 e. The molecule has 1 saturated heterocycles.